The van der Waals surface area contributed by atoms with Crippen LogP contribution < -0.4 is 5.32 Å². The lowest BCUT2D eigenvalue weighted by atomic mass is 10.1. The molecule has 1 atom stereocenters. The van der Waals surface area contributed by atoms with Crippen LogP contribution in [0.3, 0.4) is 0 Å². The maximum absolute atomic E-state index is 12.3. The molecule has 1 aromatic heterocycles. The number of carbonyl (C=O) groups is 1. The lowest BCUT2D eigenvalue weighted by Gasteiger charge is -2.23. The highest BCUT2D eigenvalue weighted by Crippen LogP contribution is 2.23. The van der Waals surface area contributed by atoms with Crippen molar-refractivity contribution < 1.29 is 14.3 Å². The van der Waals surface area contributed by atoms with Crippen LogP contribution in [0.5, 0.6) is 0 Å². The van der Waals surface area contributed by atoms with Crippen LogP contribution in [0.15, 0.2) is 18.2 Å². The van der Waals surface area contributed by atoms with Crippen LogP contribution in [-0.2, 0) is 20.7 Å². The number of ether oxygens (including phenoxy) is 2. The Morgan fingerprint density at radius 1 is 1.35 bits per heavy atom. The molecular weight excluding hydrogens is 354 g/mol. The van der Waals surface area contributed by atoms with E-state index in [4.69, 9.17) is 21.1 Å². The zero-order chi connectivity index (χ0) is 18.7. The molecule has 1 fully saturated rings. The molecule has 1 amide bonds. The third-order valence-corrected chi connectivity index (χ3v) is 5.00. The highest BCUT2D eigenvalue weighted by molar-refractivity contribution is 6.31. The van der Waals surface area contributed by atoms with Gasteiger partial charge in [0, 0.05) is 22.8 Å². The predicted octanol–water partition coefficient (Wildman–Crippen LogP) is 2.53. The fraction of sp³-hybridized carbons (Fsp3) is 0.474. The van der Waals surface area contributed by atoms with Gasteiger partial charge in [-0.05, 0) is 38.5 Å². The number of hydrogen-bond donors (Lipinski definition) is 1. The Hall–Kier alpha value is -1.89. The first-order chi connectivity index (χ1) is 12.5. The Labute approximate surface area is 158 Å². The second-order valence-corrected chi connectivity index (χ2v) is 6.95. The minimum Gasteiger partial charge on any atom is -0.376 e. The summed E-state index contributed by atoms with van der Waals surface area (Å²) in [6.45, 7) is 8.01. The smallest absolute Gasteiger partial charge is 0.224 e. The normalized spacial score (nSPS) is 17.3. The number of rotatable bonds is 5. The molecule has 0 spiro atoms. The number of amides is 1. The number of aromatic nitrogens is 2. The van der Waals surface area contributed by atoms with Crippen molar-refractivity contribution in [1.82, 2.24) is 15.1 Å². The van der Waals surface area contributed by atoms with E-state index in [9.17, 15) is 4.79 Å². The molecule has 2 aromatic rings. The van der Waals surface area contributed by atoms with Crippen molar-refractivity contribution >= 4 is 17.5 Å². The molecule has 0 aliphatic carbocycles. The van der Waals surface area contributed by atoms with Crippen LogP contribution in [0.1, 0.15) is 22.5 Å². The standard InChI is InChI=1S/C19H24ClN3O3/c1-12-4-5-15(8-18(12)20)23-14(3)17(13(2)22-23)9-19(24)21-10-16-11-25-6-7-26-16/h4-5,8,16H,6-7,9-11H2,1-3H3,(H,21,24). The number of hydrogen-bond acceptors (Lipinski definition) is 4. The van der Waals surface area contributed by atoms with Crippen LogP contribution >= 0.6 is 11.6 Å². The molecule has 2 heterocycles. The summed E-state index contributed by atoms with van der Waals surface area (Å²) in [5.74, 6) is -0.0492. The van der Waals surface area contributed by atoms with Gasteiger partial charge >= 0.3 is 0 Å². The molecule has 3 rings (SSSR count). The van der Waals surface area contributed by atoms with Crippen molar-refractivity contribution in [3.05, 3.63) is 45.7 Å². The molecule has 1 aromatic carbocycles. The highest BCUT2D eigenvalue weighted by Gasteiger charge is 2.18. The molecule has 0 radical (unpaired) electrons. The van der Waals surface area contributed by atoms with Gasteiger partial charge in [-0.2, -0.15) is 5.10 Å². The second kappa shape index (κ2) is 8.20. The van der Waals surface area contributed by atoms with Gasteiger partial charge in [0.1, 0.15) is 0 Å². The molecule has 26 heavy (non-hydrogen) atoms. The lowest BCUT2D eigenvalue weighted by Crippen LogP contribution is -2.40. The van der Waals surface area contributed by atoms with Gasteiger partial charge < -0.3 is 14.8 Å². The summed E-state index contributed by atoms with van der Waals surface area (Å²) in [6.07, 6.45) is 0.206. The maximum atomic E-state index is 12.3. The largest absolute Gasteiger partial charge is 0.376 e. The Morgan fingerprint density at radius 2 is 2.15 bits per heavy atom. The van der Waals surface area contributed by atoms with E-state index < -0.39 is 0 Å². The summed E-state index contributed by atoms with van der Waals surface area (Å²) in [5, 5.41) is 8.20. The molecule has 1 unspecified atom stereocenters. The SMILES string of the molecule is Cc1ccc(-n2nc(C)c(CC(=O)NCC3COCCO3)c2C)cc1Cl. The van der Waals surface area contributed by atoms with Crippen LogP contribution in [0.2, 0.25) is 5.02 Å². The summed E-state index contributed by atoms with van der Waals surface area (Å²) in [6, 6.07) is 5.83. The number of aryl methyl sites for hydroxylation is 2. The fourth-order valence-electron chi connectivity index (χ4n) is 3.00. The third-order valence-electron chi connectivity index (χ3n) is 4.59. The Bertz CT molecular complexity index is 798. The van der Waals surface area contributed by atoms with Crippen LogP contribution in [0.25, 0.3) is 5.69 Å². The Balaban J connectivity index is 1.69. The van der Waals surface area contributed by atoms with Crippen molar-refractivity contribution in [3.63, 3.8) is 0 Å². The van der Waals surface area contributed by atoms with E-state index in [1.807, 2.05) is 43.7 Å². The zero-order valence-electron chi connectivity index (χ0n) is 15.3. The first-order valence-corrected chi connectivity index (χ1v) is 9.11. The summed E-state index contributed by atoms with van der Waals surface area (Å²) in [5.41, 5.74) is 4.62. The quantitative estimate of drug-likeness (QED) is 0.869. The van der Waals surface area contributed by atoms with E-state index in [-0.39, 0.29) is 18.4 Å². The van der Waals surface area contributed by atoms with Gasteiger partial charge in [0.05, 0.1) is 43.7 Å². The molecule has 1 saturated heterocycles. The minimum atomic E-state index is -0.0766. The zero-order valence-corrected chi connectivity index (χ0v) is 16.1. The molecule has 0 bridgehead atoms. The van der Waals surface area contributed by atoms with E-state index in [0.29, 0.717) is 31.4 Å². The number of benzene rings is 1. The maximum Gasteiger partial charge on any atom is 0.224 e. The van der Waals surface area contributed by atoms with Crippen LogP contribution in [0.4, 0.5) is 0 Å². The second-order valence-electron chi connectivity index (χ2n) is 6.54. The van der Waals surface area contributed by atoms with Crippen molar-refractivity contribution in [3.8, 4) is 5.69 Å². The van der Waals surface area contributed by atoms with Crippen LogP contribution in [-0.4, -0.2) is 48.2 Å². The van der Waals surface area contributed by atoms with E-state index in [0.717, 1.165) is 28.2 Å². The molecule has 140 valence electrons. The van der Waals surface area contributed by atoms with E-state index in [1.54, 1.807) is 0 Å². The molecule has 6 nitrogen and oxygen atoms in total. The molecule has 1 aliphatic rings. The van der Waals surface area contributed by atoms with Gasteiger partial charge in [-0.25, -0.2) is 4.68 Å². The van der Waals surface area contributed by atoms with Crippen molar-refractivity contribution in [1.29, 1.82) is 0 Å². The molecular formula is C19H24ClN3O3. The van der Waals surface area contributed by atoms with Crippen molar-refractivity contribution in [2.45, 2.75) is 33.3 Å². The van der Waals surface area contributed by atoms with Gasteiger partial charge in [-0.3, -0.25) is 4.79 Å². The monoisotopic (exact) mass is 377 g/mol. The van der Waals surface area contributed by atoms with Gasteiger partial charge in [-0.15, -0.1) is 0 Å². The summed E-state index contributed by atoms with van der Waals surface area (Å²) < 4.78 is 12.7. The number of nitrogens with one attached hydrogen (secondary N) is 1. The summed E-state index contributed by atoms with van der Waals surface area (Å²) >= 11 is 6.23. The first-order valence-electron chi connectivity index (χ1n) is 8.73. The van der Waals surface area contributed by atoms with E-state index >= 15 is 0 Å². The molecule has 1 aliphatic heterocycles. The first kappa shape index (κ1) is 18.9. The summed E-state index contributed by atoms with van der Waals surface area (Å²) in [7, 11) is 0. The lowest BCUT2D eigenvalue weighted by molar-refractivity contribution is -0.123. The average molecular weight is 378 g/mol. The van der Waals surface area contributed by atoms with Crippen molar-refractivity contribution in [2.24, 2.45) is 0 Å². The molecule has 0 saturated carbocycles. The van der Waals surface area contributed by atoms with Gasteiger partial charge in [0.25, 0.3) is 0 Å². The Morgan fingerprint density at radius 3 is 2.85 bits per heavy atom. The van der Waals surface area contributed by atoms with Gasteiger partial charge in [0.15, 0.2) is 0 Å². The third kappa shape index (κ3) is 4.26. The topological polar surface area (TPSA) is 65.4 Å². The number of halogens is 1. The Kier molecular flexibility index (Phi) is 5.96. The molecule has 7 heteroatoms. The van der Waals surface area contributed by atoms with Crippen molar-refractivity contribution in [2.75, 3.05) is 26.4 Å². The van der Waals surface area contributed by atoms with Crippen LogP contribution in [0, 0.1) is 20.8 Å². The van der Waals surface area contributed by atoms with E-state index in [2.05, 4.69) is 10.4 Å². The fourth-order valence-corrected chi connectivity index (χ4v) is 3.18. The summed E-state index contributed by atoms with van der Waals surface area (Å²) in [4.78, 5) is 12.3. The predicted molar refractivity (Wildman–Crippen MR) is 100 cm³/mol. The average Bonchev–Trinajstić information content (AvgIpc) is 2.91. The van der Waals surface area contributed by atoms with Gasteiger partial charge in [-0.1, -0.05) is 17.7 Å². The number of nitrogens with zero attached hydrogens (tertiary/aromatic N) is 2. The van der Waals surface area contributed by atoms with Gasteiger partial charge in [0.2, 0.25) is 5.91 Å². The molecule has 1 N–H and O–H groups in total. The highest BCUT2D eigenvalue weighted by atomic mass is 35.5. The minimum absolute atomic E-state index is 0.0492. The van der Waals surface area contributed by atoms with E-state index in [1.165, 1.54) is 0 Å². The number of carbonyl (C=O) groups excluding carboxylic acids is 1.